The van der Waals surface area contributed by atoms with Gasteiger partial charge in [-0.15, -0.1) is 0 Å². The second-order valence-electron chi connectivity index (χ2n) is 4.05. The smallest absolute Gasteiger partial charge is 0.417 e. The molecular formula is C12H16ClF3N4O. The molecule has 0 unspecified atom stereocenters. The van der Waals surface area contributed by atoms with Crippen LogP contribution in [0, 0.1) is 0 Å². The van der Waals surface area contributed by atoms with Crippen LogP contribution in [-0.4, -0.2) is 30.6 Å². The molecule has 0 aliphatic heterocycles. The topological polar surface area (TPSA) is 72.5 Å². The third-order valence-corrected chi connectivity index (χ3v) is 2.56. The maximum atomic E-state index is 12.4. The summed E-state index contributed by atoms with van der Waals surface area (Å²) >= 11 is 5.69. The van der Waals surface area contributed by atoms with Crippen LogP contribution in [0.25, 0.3) is 0 Å². The predicted octanol–water partition coefficient (Wildman–Crippen LogP) is 2.45. The van der Waals surface area contributed by atoms with Crippen molar-refractivity contribution in [2.75, 3.05) is 19.7 Å². The Morgan fingerprint density at radius 1 is 1.52 bits per heavy atom. The zero-order valence-electron chi connectivity index (χ0n) is 11.4. The van der Waals surface area contributed by atoms with Crippen LogP contribution in [-0.2, 0) is 6.18 Å². The molecule has 3 N–H and O–H groups in total. The first-order valence-electron chi connectivity index (χ1n) is 6.24. The van der Waals surface area contributed by atoms with E-state index in [1.54, 1.807) is 0 Å². The number of halogens is 4. The fraction of sp³-hybridized carbons (Fsp3) is 0.500. The van der Waals surface area contributed by atoms with E-state index in [4.69, 9.17) is 22.1 Å². The highest BCUT2D eigenvalue weighted by molar-refractivity contribution is 6.31. The molecule has 5 nitrogen and oxygen atoms in total. The molecule has 0 fully saturated rings. The molecule has 0 aliphatic rings. The highest BCUT2D eigenvalue weighted by Crippen LogP contribution is 2.32. The van der Waals surface area contributed by atoms with Crippen molar-refractivity contribution in [1.82, 2.24) is 10.3 Å². The molecule has 0 atom stereocenters. The molecule has 0 aromatic carbocycles. The van der Waals surface area contributed by atoms with Gasteiger partial charge in [0.05, 0.1) is 12.1 Å². The molecule has 0 aliphatic carbocycles. The average Bonchev–Trinajstić information content (AvgIpc) is 2.41. The van der Waals surface area contributed by atoms with Gasteiger partial charge in [-0.2, -0.15) is 13.2 Å². The number of nitrogens with zero attached hydrogens (tertiary/aromatic N) is 2. The van der Waals surface area contributed by atoms with Crippen molar-refractivity contribution in [3.63, 3.8) is 0 Å². The maximum absolute atomic E-state index is 12.4. The minimum Gasteiger partial charge on any atom is -0.475 e. The Morgan fingerprint density at radius 2 is 2.24 bits per heavy atom. The Labute approximate surface area is 125 Å². The predicted molar refractivity (Wildman–Crippen MR) is 74.5 cm³/mol. The molecule has 0 saturated carbocycles. The van der Waals surface area contributed by atoms with Crippen LogP contribution >= 0.6 is 11.6 Å². The van der Waals surface area contributed by atoms with E-state index in [-0.39, 0.29) is 23.5 Å². The quantitative estimate of drug-likeness (QED) is 0.479. The molecule has 1 aromatic rings. The minimum atomic E-state index is -4.49. The van der Waals surface area contributed by atoms with Gasteiger partial charge in [0.15, 0.2) is 5.96 Å². The largest absolute Gasteiger partial charge is 0.475 e. The van der Waals surface area contributed by atoms with Crippen LogP contribution in [0.4, 0.5) is 13.2 Å². The van der Waals surface area contributed by atoms with Gasteiger partial charge in [0.2, 0.25) is 5.88 Å². The van der Waals surface area contributed by atoms with Gasteiger partial charge in [0, 0.05) is 12.7 Å². The Hall–Kier alpha value is -1.70. The lowest BCUT2D eigenvalue weighted by Gasteiger charge is -2.11. The summed E-state index contributed by atoms with van der Waals surface area (Å²) < 4.78 is 42.4. The van der Waals surface area contributed by atoms with Crippen LogP contribution in [0.1, 0.15) is 18.9 Å². The number of guanidine groups is 1. The van der Waals surface area contributed by atoms with Gasteiger partial charge in [-0.05, 0) is 12.5 Å². The molecule has 1 heterocycles. The number of hydrogen-bond acceptors (Lipinski definition) is 3. The number of hydrogen-bond donors (Lipinski definition) is 2. The van der Waals surface area contributed by atoms with Crippen molar-refractivity contribution in [2.45, 2.75) is 19.5 Å². The summed E-state index contributed by atoms with van der Waals surface area (Å²) in [5.74, 6) is 0.225. The van der Waals surface area contributed by atoms with Gasteiger partial charge >= 0.3 is 6.18 Å². The van der Waals surface area contributed by atoms with E-state index in [2.05, 4.69) is 15.3 Å². The Balaban J connectivity index is 2.46. The highest BCUT2D eigenvalue weighted by atomic mass is 35.5. The first-order valence-corrected chi connectivity index (χ1v) is 6.61. The SMILES string of the molecule is CCCN=C(N)NCCOc1ncc(C(F)(F)F)cc1Cl. The van der Waals surface area contributed by atoms with Crippen LogP contribution in [0.2, 0.25) is 5.02 Å². The first kappa shape index (κ1) is 17.4. The first-order chi connectivity index (χ1) is 9.84. The summed E-state index contributed by atoms with van der Waals surface area (Å²) in [6.45, 7) is 3.06. The number of alkyl halides is 3. The third kappa shape index (κ3) is 6.07. The molecule has 0 amide bonds. The summed E-state index contributed by atoms with van der Waals surface area (Å²) in [6.07, 6.45) is -2.93. The Kier molecular flexibility index (Phi) is 6.54. The van der Waals surface area contributed by atoms with Crippen molar-refractivity contribution < 1.29 is 17.9 Å². The van der Waals surface area contributed by atoms with Gasteiger partial charge in [0.1, 0.15) is 11.6 Å². The van der Waals surface area contributed by atoms with Crippen LogP contribution in [0.5, 0.6) is 5.88 Å². The van der Waals surface area contributed by atoms with Crippen LogP contribution < -0.4 is 15.8 Å². The summed E-state index contributed by atoms with van der Waals surface area (Å²) in [4.78, 5) is 7.55. The van der Waals surface area contributed by atoms with Crippen LogP contribution in [0.3, 0.4) is 0 Å². The summed E-state index contributed by atoms with van der Waals surface area (Å²) in [7, 11) is 0. The lowest BCUT2D eigenvalue weighted by atomic mass is 10.3. The monoisotopic (exact) mass is 324 g/mol. The molecule has 0 bridgehead atoms. The summed E-state index contributed by atoms with van der Waals surface area (Å²) in [5.41, 5.74) is 4.63. The number of aliphatic imine (C=N–C) groups is 1. The van der Waals surface area contributed by atoms with E-state index in [9.17, 15) is 13.2 Å². The molecule has 118 valence electrons. The molecule has 1 aromatic heterocycles. The molecule has 0 radical (unpaired) electrons. The van der Waals surface area contributed by atoms with Crippen molar-refractivity contribution in [2.24, 2.45) is 10.7 Å². The Morgan fingerprint density at radius 3 is 2.81 bits per heavy atom. The number of ether oxygens (including phenoxy) is 1. The summed E-state index contributed by atoms with van der Waals surface area (Å²) in [6, 6.07) is 0.772. The van der Waals surface area contributed by atoms with E-state index in [1.807, 2.05) is 6.92 Å². The zero-order chi connectivity index (χ0) is 15.9. The molecule has 0 spiro atoms. The highest BCUT2D eigenvalue weighted by Gasteiger charge is 2.31. The maximum Gasteiger partial charge on any atom is 0.417 e. The van der Waals surface area contributed by atoms with E-state index in [0.29, 0.717) is 19.3 Å². The number of nitrogens with two attached hydrogens (primary N) is 1. The van der Waals surface area contributed by atoms with Crippen molar-refractivity contribution in [1.29, 1.82) is 0 Å². The van der Waals surface area contributed by atoms with Crippen molar-refractivity contribution in [3.8, 4) is 5.88 Å². The van der Waals surface area contributed by atoms with Gasteiger partial charge in [-0.1, -0.05) is 18.5 Å². The minimum absolute atomic E-state index is 0.0597. The molecule has 21 heavy (non-hydrogen) atoms. The second kappa shape index (κ2) is 7.92. The Bertz CT molecular complexity index is 494. The fourth-order valence-electron chi connectivity index (χ4n) is 1.30. The lowest BCUT2D eigenvalue weighted by molar-refractivity contribution is -0.137. The second-order valence-corrected chi connectivity index (χ2v) is 4.46. The van der Waals surface area contributed by atoms with Gasteiger partial charge in [-0.25, -0.2) is 4.98 Å². The molecule has 0 saturated heterocycles. The normalized spacial score (nSPS) is 12.3. The molecule has 1 rings (SSSR count). The molecule has 9 heteroatoms. The van der Waals surface area contributed by atoms with E-state index in [0.717, 1.165) is 12.5 Å². The van der Waals surface area contributed by atoms with Gasteiger partial charge in [-0.3, -0.25) is 4.99 Å². The number of aromatic nitrogens is 1. The summed E-state index contributed by atoms with van der Waals surface area (Å²) in [5, 5.41) is 2.60. The van der Waals surface area contributed by atoms with E-state index in [1.165, 1.54) is 0 Å². The number of nitrogens with one attached hydrogen (secondary N) is 1. The van der Waals surface area contributed by atoms with Crippen molar-refractivity contribution >= 4 is 17.6 Å². The standard InChI is InChI=1S/C12H16ClF3N4O/c1-2-3-18-11(17)19-4-5-21-10-9(13)6-8(7-20-10)12(14,15)16/h6-7H,2-5H2,1H3,(H3,17,18,19). The number of rotatable bonds is 6. The fourth-order valence-corrected chi connectivity index (χ4v) is 1.52. The van der Waals surface area contributed by atoms with Crippen molar-refractivity contribution in [3.05, 3.63) is 22.8 Å². The van der Waals surface area contributed by atoms with Gasteiger partial charge < -0.3 is 15.8 Å². The van der Waals surface area contributed by atoms with E-state index < -0.39 is 11.7 Å². The average molecular weight is 325 g/mol. The number of pyridine rings is 1. The zero-order valence-corrected chi connectivity index (χ0v) is 12.1. The molecular weight excluding hydrogens is 309 g/mol. The van der Waals surface area contributed by atoms with Crippen LogP contribution in [0.15, 0.2) is 17.3 Å². The lowest BCUT2D eigenvalue weighted by Crippen LogP contribution is -2.34. The van der Waals surface area contributed by atoms with E-state index >= 15 is 0 Å². The van der Waals surface area contributed by atoms with Gasteiger partial charge in [0.25, 0.3) is 0 Å². The third-order valence-electron chi connectivity index (χ3n) is 2.29.